The molecule has 0 aromatic heterocycles. The maximum atomic E-state index is 13.2. The van der Waals surface area contributed by atoms with Gasteiger partial charge in [-0.15, -0.1) is 0 Å². The van der Waals surface area contributed by atoms with Crippen molar-refractivity contribution in [1.82, 2.24) is 0 Å². The number of nitrogens with two attached hydrogens (primary N) is 1. The number of rotatable bonds is 4. The van der Waals surface area contributed by atoms with Crippen molar-refractivity contribution < 1.29 is 13.5 Å². The molecule has 0 heterocycles. The first-order valence-electron chi connectivity index (χ1n) is 5.64. The van der Waals surface area contributed by atoms with Crippen LogP contribution < -0.4 is 10.5 Å². The van der Waals surface area contributed by atoms with Gasteiger partial charge in [-0.2, -0.15) is 0 Å². The highest BCUT2D eigenvalue weighted by atomic mass is 32.2. The van der Waals surface area contributed by atoms with Crippen molar-refractivity contribution in [2.24, 2.45) is 5.73 Å². The largest absolute Gasteiger partial charge is 0.497 e. The SMILES string of the molecule is COc1ccc(CN)c(Sc2ccc(F)c(F)c2)c1. The van der Waals surface area contributed by atoms with Crippen LogP contribution in [0.3, 0.4) is 0 Å². The molecular formula is C14H13F2NOS. The lowest BCUT2D eigenvalue weighted by molar-refractivity contribution is 0.413. The summed E-state index contributed by atoms with van der Waals surface area (Å²) in [4.78, 5) is 1.48. The molecular weight excluding hydrogens is 268 g/mol. The van der Waals surface area contributed by atoms with E-state index in [0.717, 1.165) is 16.5 Å². The number of halogens is 2. The van der Waals surface area contributed by atoms with Crippen LogP contribution in [-0.4, -0.2) is 7.11 Å². The van der Waals surface area contributed by atoms with Crippen molar-refractivity contribution in [1.29, 1.82) is 0 Å². The second kappa shape index (κ2) is 6.04. The average molecular weight is 281 g/mol. The summed E-state index contributed by atoms with van der Waals surface area (Å²) in [6.07, 6.45) is 0. The molecule has 0 unspecified atom stereocenters. The molecule has 0 amide bonds. The lowest BCUT2D eigenvalue weighted by Gasteiger charge is -2.10. The summed E-state index contributed by atoms with van der Waals surface area (Å²) >= 11 is 1.32. The molecule has 0 bridgehead atoms. The summed E-state index contributed by atoms with van der Waals surface area (Å²) in [6.45, 7) is 0.371. The van der Waals surface area contributed by atoms with Crippen LogP contribution in [0.5, 0.6) is 5.75 Å². The molecule has 2 N–H and O–H groups in total. The molecule has 19 heavy (non-hydrogen) atoms. The van der Waals surface area contributed by atoms with Gasteiger partial charge in [0, 0.05) is 16.3 Å². The number of benzene rings is 2. The fraction of sp³-hybridized carbons (Fsp3) is 0.143. The van der Waals surface area contributed by atoms with Gasteiger partial charge in [-0.1, -0.05) is 17.8 Å². The molecule has 100 valence electrons. The molecule has 2 rings (SSSR count). The van der Waals surface area contributed by atoms with Gasteiger partial charge < -0.3 is 10.5 Å². The Morgan fingerprint density at radius 3 is 2.53 bits per heavy atom. The van der Waals surface area contributed by atoms with Gasteiger partial charge in [0.25, 0.3) is 0 Å². The predicted octanol–water partition coefficient (Wildman–Crippen LogP) is 3.58. The maximum Gasteiger partial charge on any atom is 0.159 e. The number of hydrogen-bond acceptors (Lipinski definition) is 3. The third kappa shape index (κ3) is 3.24. The molecule has 0 radical (unpaired) electrons. The highest BCUT2D eigenvalue weighted by molar-refractivity contribution is 7.99. The maximum absolute atomic E-state index is 13.2. The molecule has 2 aromatic rings. The van der Waals surface area contributed by atoms with Crippen LogP contribution >= 0.6 is 11.8 Å². The van der Waals surface area contributed by atoms with Crippen LogP contribution in [0.4, 0.5) is 8.78 Å². The molecule has 0 atom stereocenters. The van der Waals surface area contributed by atoms with Crippen LogP contribution in [0.1, 0.15) is 5.56 Å². The number of hydrogen-bond donors (Lipinski definition) is 1. The van der Waals surface area contributed by atoms with Crippen molar-refractivity contribution in [3.63, 3.8) is 0 Å². The van der Waals surface area contributed by atoms with Gasteiger partial charge in [-0.3, -0.25) is 0 Å². The van der Waals surface area contributed by atoms with Crippen molar-refractivity contribution in [3.05, 3.63) is 53.6 Å². The molecule has 0 spiro atoms. The van der Waals surface area contributed by atoms with E-state index in [1.165, 1.54) is 23.9 Å². The molecule has 0 saturated carbocycles. The van der Waals surface area contributed by atoms with Crippen LogP contribution in [0.25, 0.3) is 0 Å². The Morgan fingerprint density at radius 2 is 1.89 bits per heavy atom. The zero-order chi connectivity index (χ0) is 13.8. The molecule has 0 aliphatic heterocycles. The molecule has 0 fully saturated rings. The van der Waals surface area contributed by atoms with Gasteiger partial charge in [0.2, 0.25) is 0 Å². The Hall–Kier alpha value is -1.59. The monoisotopic (exact) mass is 281 g/mol. The first-order valence-corrected chi connectivity index (χ1v) is 6.45. The van der Waals surface area contributed by atoms with Crippen LogP contribution in [0, 0.1) is 11.6 Å². The summed E-state index contributed by atoms with van der Waals surface area (Å²) in [5, 5.41) is 0. The molecule has 0 aliphatic carbocycles. The lowest BCUT2D eigenvalue weighted by atomic mass is 10.2. The first-order chi connectivity index (χ1) is 9.13. The Bertz CT molecular complexity index is 590. The average Bonchev–Trinajstić information content (AvgIpc) is 2.43. The topological polar surface area (TPSA) is 35.2 Å². The van der Waals surface area contributed by atoms with E-state index in [1.54, 1.807) is 7.11 Å². The van der Waals surface area contributed by atoms with Gasteiger partial charge in [-0.25, -0.2) is 8.78 Å². The molecule has 0 saturated heterocycles. The summed E-state index contributed by atoms with van der Waals surface area (Å²) in [6, 6.07) is 9.31. The van der Waals surface area contributed by atoms with E-state index in [9.17, 15) is 8.78 Å². The Kier molecular flexibility index (Phi) is 4.39. The smallest absolute Gasteiger partial charge is 0.159 e. The summed E-state index contributed by atoms with van der Waals surface area (Å²) in [5.74, 6) is -1.02. The minimum absolute atomic E-state index is 0.371. The third-order valence-corrected chi connectivity index (χ3v) is 3.70. The van der Waals surface area contributed by atoms with Gasteiger partial charge in [0.05, 0.1) is 7.11 Å². The fourth-order valence-corrected chi connectivity index (χ4v) is 2.60. The predicted molar refractivity (Wildman–Crippen MR) is 71.4 cm³/mol. The van der Waals surface area contributed by atoms with E-state index in [4.69, 9.17) is 10.5 Å². The Morgan fingerprint density at radius 1 is 1.11 bits per heavy atom. The Labute approximate surface area is 114 Å². The van der Waals surface area contributed by atoms with Gasteiger partial charge in [0.1, 0.15) is 5.75 Å². The summed E-state index contributed by atoms with van der Waals surface area (Å²) < 4.78 is 31.2. The third-order valence-electron chi connectivity index (χ3n) is 2.61. The van der Waals surface area contributed by atoms with Crippen LogP contribution in [-0.2, 0) is 6.54 Å². The van der Waals surface area contributed by atoms with Gasteiger partial charge in [-0.05, 0) is 35.9 Å². The lowest BCUT2D eigenvalue weighted by Crippen LogP contribution is -1.98. The van der Waals surface area contributed by atoms with Gasteiger partial charge in [0.15, 0.2) is 11.6 Å². The highest BCUT2D eigenvalue weighted by Crippen LogP contribution is 2.33. The summed E-state index contributed by atoms with van der Waals surface area (Å²) in [7, 11) is 1.57. The van der Waals surface area contributed by atoms with E-state index in [0.29, 0.717) is 17.2 Å². The normalized spacial score (nSPS) is 10.5. The van der Waals surface area contributed by atoms with E-state index in [2.05, 4.69) is 0 Å². The van der Waals surface area contributed by atoms with Crippen LogP contribution in [0.15, 0.2) is 46.2 Å². The Balaban J connectivity index is 2.33. The number of methoxy groups -OCH3 is 1. The first kappa shape index (κ1) is 13.8. The van der Waals surface area contributed by atoms with Crippen LogP contribution in [0.2, 0.25) is 0 Å². The highest BCUT2D eigenvalue weighted by Gasteiger charge is 2.08. The zero-order valence-corrected chi connectivity index (χ0v) is 11.1. The summed E-state index contributed by atoms with van der Waals surface area (Å²) in [5.41, 5.74) is 6.59. The standard InChI is InChI=1S/C14H13F2NOS/c1-18-10-3-2-9(8-17)14(6-10)19-11-4-5-12(15)13(16)7-11/h2-7H,8,17H2,1H3. The van der Waals surface area contributed by atoms with Crippen molar-refractivity contribution in [3.8, 4) is 5.75 Å². The minimum atomic E-state index is -0.859. The fourth-order valence-electron chi connectivity index (χ4n) is 1.59. The van der Waals surface area contributed by atoms with E-state index >= 15 is 0 Å². The van der Waals surface area contributed by atoms with Gasteiger partial charge >= 0.3 is 0 Å². The van der Waals surface area contributed by atoms with E-state index in [1.807, 2.05) is 18.2 Å². The van der Waals surface area contributed by atoms with Crippen molar-refractivity contribution in [2.45, 2.75) is 16.3 Å². The van der Waals surface area contributed by atoms with E-state index in [-0.39, 0.29) is 0 Å². The van der Waals surface area contributed by atoms with E-state index < -0.39 is 11.6 Å². The minimum Gasteiger partial charge on any atom is -0.497 e. The zero-order valence-electron chi connectivity index (χ0n) is 10.3. The molecule has 2 aromatic carbocycles. The second-order valence-corrected chi connectivity index (χ2v) is 4.97. The van der Waals surface area contributed by atoms with Crippen molar-refractivity contribution >= 4 is 11.8 Å². The number of ether oxygens (including phenoxy) is 1. The molecule has 5 heteroatoms. The molecule has 0 aliphatic rings. The quantitative estimate of drug-likeness (QED) is 0.930. The van der Waals surface area contributed by atoms with Crippen molar-refractivity contribution in [2.75, 3.05) is 7.11 Å². The molecule has 2 nitrogen and oxygen atoms in total. The second-order valence-electron chi connectivity index (χ2n) is 3.86.